The molecule has 0 N–H and O–H groups in total. The summed E-state index contributed by atoms with van der Waals surface area (Å²) in [7, 11) is 1.74. The summed E-state index contributed by atoms with van der Waals surface area (Å²) < 4.78 is 5.43. The fourth-order valence-corrected chi connectivity index (χ4v) is 6.24. The molecular formula is C26H28O2. The van der Waals surface area contributed by atoms with E-state index >= 15 is 0 Å². The first-order valence-corrected chi connectivity index (χ1v) is 10.6. The number of carbonyl (C=O) groups excluding carboxylic acids is 1. The summed E-state index contributed by atoms with van der Waals surface area (Å²) in [5, 5.41) is 0. The molecule has 2 heteroatoms. The minimum Gasteiger partial charge on any atom is -0.497 e. The number of methoxy groups -OCH3 is 1. The van der Waals surface area contributed by atoms with Gasteiger partial charge < -0.3 is 4.74 Å². The van der Waals surface area contributed by atoms with Crippen LogP contribution in [-0.2, 0) is 11.2 Å². The largest absolute Gasteiger partial charge is 0.497 e. The van der Waals surface area contributed by atoms with Crippen LogP contribution in [0.3, 0.4) is 0 Å². The van der Waals surface area contributed by atoms with Crippen molar-refractivity contribution in [1.82, 2.24) is 0 Å². The highest BCUT2D eigenvalue weighted by molar-refractivity contribution is 6.06. The van der Waals surface area contributed by atoms with Gasteiger partial charge in [0, 0.05) is 5.41 Å². The average Bonchev–Trinajstić information content (AvgIpc) is 2.99. The molecule has 0 radical (unpaired) electrons. The fourth-order valence-electron chi connectivity index (χ4n) is 6.24. The third kappa shape index (κ3) is 2.65. The Morgan fingerprint density at radius 1 is 1.11 bits per heavy atom. The Labute approximate surface area is 167 Å². The van der Waals surface area contributed by atoms with E-state index in [9.17, 15) is 4.79 Å². The molecule has 0 unspecified atom stereocenters. The van der Waals surface area contributed by atoms with Gasteiger partial charge in [0.25, 0.3) is 0 Å². The molecule has 28 heavy (non-hydrogen) atoms. The van der Waals surface area contributed by atoms with Gasteiger partial charge in [-0.15, -0.1) is 0 Å². The summed E-state index contributed by atoms with van der Waals surface area (Å²) in [5.74, 6) is 3.05. The zero-order valence-electron chi connectivity index (χ0n) is 16.8. The first-order valence-electron chi connectivity index (χ1n) is 10.6. The van der Waals surface area contributed by atoms with Crippen LogP contribution in [0.5, 0.6) is 5.75 Å². The lowest BCUT2D eigenvalue weighted by molar-refractivity contribution is -0.127. The number of fused-ring (bicyclic) bond motifs is 5. The number of allylic oxidation sites excluding steroid dienone is 1. The van der Waals surface area contributed by atoms with Gasteiger partial charge in [-0.05, 0) is 90.3 Å². The SMILES string of the molecule is COc1ccc2c(c1)CC[C@@H]1[C@@H]2CC[C@@]2(C)C(=O)/C(=C/c3ccccc3)C[C@@H]12. The van der Waals surface area contributed by atoms with Gasteiger partial charge in [0.15, 0.2) is 5.78 Å². The van der Waals surface area contributed by atoms with Gasteiger partial charge in [0.2, 0.25) is 0 Å². The molecule has 0 aliphatic heterocycles. The van der Waals surface area contributed by atoms with Crippen LogP contribution in [0.4, 0.5) is 0 Å². The second kappa shape index (κ2) is 6.62. The minimum absolute atomic E-state index is 0.175. The minimum atomic E-state index is -0.175. The summed E-state index contributed by atoms with van der Waals surface area (Å²) in [4.78, 5) is 13.4. The first kappa shape index (κ1) is 17.7. The van der Waals surface area contributed by atoms with Crippen molar-refractivity contribution in [3.05, 3.63) is 70.8 Å². The van der Waals surface area contributed by atoms with E-state index < -0.39 is 0 Å². The Morgan fingerprint density at radius 2 is 1.93 bits per heavy atom. The lowest BCUT2D eigenvalue weighted by Gasteiger charge is -2.48. The zero-order valence-corrected chi connectivity index (χ0v) is 16.8. The van der Waals surface area contributed by atoms with Gasteiger partial charge in [0.1, 0.15) is 5.75 Å². The monoisotopic (exact) mass is 372 g/mol. The van der Waals surface area contributed by atoms with Crippen LogP contribution in [0.15, 0.2) is 54.1 Å². The smallest absolute Gasteiger partial charge is 0.165 e. The van der Waals surface area contributed by atoms with Gasteiger partial charge in [-0.1, -0.05) is 43.3 Å². The van der Waals surface area contributed by atoms with E-state index in [0.717, 1.165) is 42.6 Å². The van der Waals surface area contributed by atoms with E-state index in [1.54, 1.807) is 7.11 Å². The number of aryl methyl sites for hydroxylation is 1. The zero-order chi connectivity index (χ0) is 19.3. The highest BCUT2D eigenvalue weighted by atomic mass is 16.5. The Kier molecular flexibility index (Phi) is 4.19. The van der Waals surface area contributed by atoms with Crippen molar-refractivity contribution in [2.45, 2.75) is 44.9 Å². The van der Waals surface area contributed by atoms with Crippen LogP contribution in [0.1, 0.15) is 55.2 Å². The molecule has 0 aromatic heterocycles. The van der Waals surface area contributed by atoms with E-state index in [1.807, 2.05) is 18.2 Å². The molecule has 0 spiro atoms. The van der Waals surface area contributed by atoms with Gasteiger partial charge in [-0.2, -0.15) is 0 Å². The van der Waals surface area contributed by atoms with Crippen LogP contribution in [-0.4, -0.2) is 12.9 Å². The number of hydrogen-bond donors (Lipinski definition) is 0. The van der Waals surface area contributed by atoms with Crippen molar-refractivity contribution in [1.29, 1.82) is 0 Å². The second-order valence-electron chi connectivity index (χ2n) is 9.05. The molecule has 0 amide bonds. The van der Waals surface area contributed by atoms with Gasteiger partial charge in [0.05, 0.1) is 7.11 Å². The fraction of sp³-hybridized carbons (Fsp3) is 0.423. The standard InChI is InChI=1S/C26H28O2/c1-26-13-12-22-21-11-9-20(28-2)15-18(21)8-10-23(22)24(26)16-19(25(26)27)14-17-6-4-3-5-7-17/h3-7,9,11,14-15,22-24H,8,10,12-13,16H2,1-2H3/b19-14+/t22-,23-,24+,26-/m1/s1. The highest BCUT2D eigenvalue weighted by Gasteiger charge is 2.56. The third-order valence-electron chi connectivity index (χ3n) is 7.71. The first-order chi connectivity index (χ1) is 13.6. The molecule has 2 nitrogen and oxygen atoms in total. The van der Waals surface area contributed by atoms with E-state index in [1.165, 1.54) is 17.5 Å². The number of carbonyl (C=O) groups is 1. The van der Waals surface area contributed by atoms with Crippen LogP contribution >= 0.6 is 0 Å². The number of ether oxygens (including phenoxy) is 1. The lowest BCUT2D eigenvalue weighted by atomic mass is 9.55. The van der Waals surface area contributed by atoms with Gasteiger partial charge >= 0.3 is 0 Å². The van der Waals surface area contributed by atoms with Crippen LogP contribution in [0.2, 0.25) is 0 Å². The summed E-state index contributed by atoms with van der Waals surface area (Å²) in [6, 6.07) is 16.9. The summed E-state index contributed by atoms with van der Waals surface area (Å²) in [6.07, 6.45) is 7.51. The molecule has 2 fully saturated rings. The van der Waals surface area contributed by atoms with E-state index in [4.69, 9.17) is 4.74 Å². The number of rotatable bonds is 2. The molecule has 144 valence electrons. The molecule has 2 saturated carbocycles. The van der Waals surface area contributed by atoms with E-state index in [2.05, 4.69) is 43.3 Å². The average molecular weight is 373 g/mol. The van der Waals surface area contributed by atoms with Crippen molar-refractivity contribution >= 4 is 11.9 Å². The third-order valence-corrected chi connectivity index (χ3v) is 7.71. The molecule has 3 aliphatic rings. The van der Waals surface area contributed by atoms with Gasteiger partial charge in [-0.25, -0.2) is 0 Å². The molecule has 2 aromatic rings. The number of ketones is 1. The van der Waals surface area contributed by atoms with E-state index in [-0.39, 0.29) is 5.41 Å². The molecule has 2 aromatic carbocycles. The predicted octanol–water partition coefficient (Wildman–Crippen LogP) is 5.81. The lowest BCUT2D eigenvalue weighted by Crippen LogP contribution is -2.42. The maximum atomic E-state index is 13.4. The van der Waals surface area contributed by atoms with Crippen molar-refractivity contribution < 1.29 is 9.53 Å². The molecule has 3 aliphatic carbocycles. The second-order valence-corrected chi connectivity index (χ2v) is 9.05. The summed E-state index contributed by atoms with van der Waals surface area (Å²) >= 11 is 0. The molecule has 0 bridgehead atoms. The van der Waals surface area contributed by atoms with Crippen molar-refractivity contribution in [3.63, 3.8) is 0 Å². The summed E-state index contributed by atoms with van der Waals surface area (Å²) in [6.45, 7) is 2.24. The van der Waals surface area contributed by atoms with Crippen molar-refractivity contribution in [2.24, 2.45) is 17.3 Å². The maximum absolute atomic E-state index is 13.4. The predicted molar refractivity (Wildman–Crippen MR) is 112 cm³/mol. The Morgan fingerprint density at radius 3 is 2.71 bits per heavy atom. The molecule has 5 rings (SSSR count). The quantitative estimate of drug-likeness (QED) is 0.622. The van der Waals surface area contributed by atoms with Crippen LogP contribution in [0.25, 0.3) is 6.08 Å². The van der Waals surface area contributed by atoms with Crippen LogP contribution < -0.4 is 4.74 Å². The maximum Gasteiger partial charge on any atom is 0.165 e. The Bertz CT molecular complexity index is 942. The Balaban J connectivity index is 1.48. The number of Topliss-reactive ketones (excluding diaryl/α,β-unsaturated/α-hetero) is 1. The molecule has 4 atom stereocenters. The van der Waals surface area contributed by atoms with Gasteiger partial charge in [-0.3, -0.25) is 4.79 Å². The molecular weight excluding hydrogens is 344 g/mol. The van der Waals surface area contributed by atoms with Crippen LogP contribution in [0, 0.1) is 17.3 Å². The molecule has 0 heterocycles. The normalized spacial score (nSPS) is 32.6. The molecule has 0 saturated heterocycles. The summed E-state index contributed by atoms with van der Waals surface area (Å²) in [5.41, 5.74) is 4.97. The topological polar surface area (TPSA) is 26.3 Å². The highest BCUT2D eigenvalue weighted by Crippen LogP contribution is 2.60. The van der Waals surface area contributed by atoms with Crippen molar-refractivity contribution in [2.75, 3.05) is 7.11 Å². The number of benzene rings is 2. The Hall–Kier alpha value is -2.35. The number of hydrogen-bond acceptors (Lipinski definition) is 2. The van der Waals surface area contributed by atoms with Crippen molar-refractivity contribution in [3.8, 4) is 5.75 Å². The van der Waals surface area contributed by atoms with E-state index in [0.29, 0.717) is 23.5 Å².